The van der Waals surface area contributed by atoms with Crippen molar-refractivity contribution in [2.24, 2.45) is 10.2 Å². The first-order chi connectivity index (χ1) is 10.7. The van der Waals surface area contributed by atoms with Gasteiger partial charge < -0.3 is 4.90 Å². The van der Waals surface area contributed by atoms with Crippen molar-refractivity contribution in [1.29, 1.82) is 0 Å². The van der Waals surface area contributed by atoms with Crippen molar-refractivity contribution in [2.75, 3.05) is 7.05 Å². The standard InChI is InChI=1S/C18H21N3O/c1-3-4-12-18(19-20-18)13-11-17(22)21(2)16-10-9-14-7-5-6-8-15(14)16/h1,5-8,16H,4,9-13H2,2H3. The molecule has 0 aromatic heterocycles. The lowest BCUT2D eigenvalue weighted by Gasteiger charge is -2.26. The highest BCUT2D eigenvalue weighted by Crippen LogP contribution is 2.39. The lowest BCUT2D eigenvalue weighted by molar-refractivity contribution is -0.132. The Labute approximate surface area is 131 Å². The second-order valence-corrected chi connectivity index (χ2v) is 6.14. The third-order valence-electron chi connectivity index (χ3n) is 4.75. The highest BCUT2D eigenvalue weighted by Gasteiger charge is 2.40. The zero-order valence-electron chi connectivity index (χ0n) is 13.0. The van der Waals surface area contributed by atoms with Gasteiger partial charge in [-0.1, -0.05) is 24.3 Å². The number of amides is 1. The van der Waals surface area contributed by atoms with Gasteiger partial charge in [-0.25, -0.2) is 0 Å². The summed E-state index contributed by atoms with van der Waals surface area (Å²) in [5, 5.41) is 8.19. The molecule has 1 atom stereocenters. The van der Waals surface area contributed by atoms with Crippen LogP contribution in [0.4, 0.5) is 0 Å². The first kappa shape index (κ1) is 14.8. The van der Waals surface area contributed by atoms with Crippen LogP contribution in [0.2, 0.25) is 0 Å². The minimum Gasteiger partial charge on any atom is -0.339 e. The normalized spacial score (nSPS) is 20.3. The van der Waals surface area contributed by atoms with Gasteiger partial charge in [0.05, 0.1) is 6.04 Å². The van der Waals surface area contributed by atoms with E-state index in [2.05, 4.69) is 34.3 Å². The van der Waals surface area contributed by atoms with E-state index in [0.717, 1.165) is 19.3 Å². The maximum Gasteiger partial charge on any atom is 0.222 e. The molecule has 0 fully saturated rings. The minimum absolute atomic E-state index is 0.166. The van der Waals surface area contributed by atoms with Crippen LogP contribution >= 0.6 is 0 Å². The second kappa shape index (κ2) is 5.92. The van der Waals surface area contributed by atoms with E-state index in [1.807, 2.05) is 18.0 Å². The highest BCUT2D eigenvalue weighted by molar-refractivity contribution is 5.76. The van der Waals surface area contributed by atoms with Gasteiger partial charge in [-0.2, -0.15) is 10.2 Å². The van der Waals surface area contributed by atoms with Crippen molar-refractivity contribution in [1.82, 2.24) is 4.90 Å². The summed E-state index contributed by atoms with van der Waals surface area (Å²) in [6.07, 6.45) is 9.92. The number of hydrogen-bond acceptors (Lipinski definition) is 3. The predicted octanol–water partition coefficient (Wildman–Crippen LogP) is 3.49. The molecular weight excluding hydrogens is 274 g/mol. The Kier molecular flexibility index (Phi) is 3.98. The number of carbonyl (C=O) groups is 1. The number of fused-ring (bicyclic) bond motifs is 1. The molecule has 4 heteroatoms. The first-order valence-electron chi connectivity index (χ1n) is 7.86. The molecule has 1 aromatic carbocycles. The predicted molar refractivity (Wildman–Crippen MR) is 85.2 cm³/mol. The Bertz CT molecular complexity index is 638. The zero-order valence-corrected chi connectivity index (χ0v) is 13.0. The van der Waals surface area contributed by atoms with E-state index in [9.17, 15) is 4.79 Å². The molecule has 2 aliphatic rings. The van der Waals surface area contributed by atoms with Crippen LogP contribution in [0.3, 0.4) is 0 Å². The summed E-state index contributed by atoms with van der Waals surface area (Å²) in [7, 11) is 1.91. The molecule has 1 aliphatic carbocycles. The molecule has 0 bridgehead atoms. The summed E-state index contributed by atoms with van der Waals surface area (Å²) in [4.78, 5) is 14.4. The molecule has 3 rings (SSSR count). The summed E-state index contributed by atoms with van der Waals surface area (Å²) in [6, 6.07) is 8.61. The Hall–Kier alpha value is -2.15. The first-order valence-corrected chi connectivity index (χ1v) is 7.86. The van der Waals surface area contributed by atoms with E-state index in [0.29, 0.717) is 19.3 Å². The van der Waals surface area contributed by atoms with Crippen LogP contribution in [0, 0.1) is 12.3 Å². The number of nitrogens with zero attached hydrogens (tertiary/aromatic N) is 3. The van der Waals surface area contributed by atoms with Gasteiger partial charge in [0.2, 0.25) is 5.91 Å². The fraction of sp³-hybridized carbons (Fsp3) is 0.500. The summed E-state index contributed by atoms with van der Waals surface area (Å²) in [5.74, 6) is 2.78. The number of carbonyl (C=O) groups excluding carboxylic acids is 1. The molecular formula is C18H21N3O. The number of terminal acetylenes is 1. The molecule has 22 heavy (non-hydrogen) atoms. The van der Waals surface area contributed by atoms with Crippen molar-refractivity contribution in [3.8, 4) is 12.3 Å². The van der Waals surface area contributed by atoms with Crippen molar-refractivity contribution < 1.29 is 4.79 Å². The monoisotopic (exact) mass is 295 g/mol. The maximum atomic E-state index is 12.5. The Morgan fingerprint density at radius 2 is 2.18 bits per heavy atom. The van der Waals surface area contributed by atoms with E-state index >= 15 is 0 Å². The Balaban J connectivity index is 1.56. The largest absolute Gasteiger partial charge is 0.339 e. The number of hydrogen-bond donors (Lipinski definition) is 0. The lowest BCUT2D eigenvalue weighted by atomic mass is 10.0. The molecule has 0 N–H and O–H groups in total. The molecule has 1 unspecified atom stereocenters. The molecule has 0 spiro atoms. The Morgan fingerprint density at radius 3 is 2.91 bits per heavy atom. The van der Waals surface area contributed by atoms with Crippen LogP contribution in [-0.2, 0) is 11.2 Å². The van der Waals surface area contributed by atoms with Crippen molar-refractivity contribution in [3.05, 3.63) is 35.4 Å². The van der Waals surface area contributed by atoms with Gasteiger partial charge >= 0.3 is 0 Å². The molecule has 1 amide bonds. The summed E-state index contributed by atoms with van der Waals surface area (Å²) < 4.78 is 0. The van der Waals surface area contributed by atoms with Gasteiger partial charge in [0.25, 0.3) is 0 Å². The van der Waals surface area contributed by atoms with E-state index < -0.39 is 0 Å². The second-order valence-electron chi connectivity index (χ2n) is 6.14. The van der Waals surface area contributed by atoms with Crippen LogP contribution in [0.5, 0.6) is 0 Å². The quantitative estimate of drug-likeness (QED) is 0.741. The molecule has 0 saturated heterocycles. The number of benzene rings is 1. The lowest BCUT2D eigenvalue weighted by Crippen LogP contribution is -2.31. The average Bonchev–Trinajstić information content (AvgIpc) is 3.19. The SMILES string of the molecule is C#CCCC1(CCC(=O)N(C)C2CCc3ccccc32)N=N1. The zero-order chi connectivity index (χ0) is 15.6. The molecule has 0 radical (unpaired) electrons. The number of aryl methyl sites for hydroxylation is 1. The van der Waals surface area contributed by atoms with Gasteiger partial charge in [-0.15, -0.1) is 12.3 Å². The van der Waals surface area contributed by atoms with Crippen molar-refractivity contribution in [3.63, 3.8) is 0 Å². The topological polar surface area (TPSA) is 45.0 Å². The molecule has 1 aliphatic heterocycles. The van der Waals surface area contributed by atoms with Crippen LogP contribution in [-0.4, -0.2) is 23.5 Å². The van der Waals surface area contributed by atoms with Crippen LogP contribution in [0.25, 0.3) is 0 Å². The van der Waals surface area contributed by atoms with Gasteiger partial charge in [0.15, 0.2) is 5.66 Å². The molecule has 1 aromatic rings. The van der Waals surface area contributed by atoms with Crippen molar-refractivity contribution >= 4 is 5.91 Å². The molecule has 1 heterocycles. The van der Waals surface area contributed by atoms with Crippen LogP contribution < -0.4 is 0 Å². The third kappa shape index (κ3) is 2.89. The van der Waals surface area contributed by atoms with Crippen molar-refractivity contribution in [2.45, 2.75) is 50.2 Å². The van der Waals surface area contributed by atoms with Gasteiger partial charge in [-0.05, 0) is 24.0 Å². The Morgan fingerprint density at radius 1 is 1.41 bits per heavy atom. The van der Waals surface area contributed by atoms with Gasteiger partial charge in [0.1, 0.15) is 0 Å². The van der Waals surface area contributed by atoms with E-state index in [1.54, 1.807) is 0 Å². The third-order valence-corrected chi connectivity index (χ3v) is 4.75. The van der Waals surface area contributed by atoms with Crippen LogP contribution in [0.1, 0.15) is 49.3 Å². The number of rotatable bonds is 6. The molecule has 0 saturated carbocycles. The fourth-order valence-corrected chi connectivity index (χ4v) is 3.26. The van der Waals surface area contributed by atoms with Gasteiger partial charge in [0, 0.05) is 32.7 Å². The molecule has 114 valence electrons. The summed E-state index contributed by atoms with van der Waals surface area (Å²) in [5.41, 5.74) is 2.29. The minimum atomic E-state index is -0.365. The van der Waals surface area contributed by atoms with Crippen LogP contribution in [0.15, 0.2) is 34.5 Å². The summed E-state index contributed by atoms with van der Waals surface area (Å²) in [6.45, 7) is 0. The van der Waals surface area contributed by atoms with E-state index in [4.69, 9.17) is 6.42 Å². The van der Waals surface area contributed by atoms with Gasteiger partial charge in [-0.3, -0.25) is 4.79 Å². The molecule has 4 nitrogen and oxygen atoms in total. The van der Waals surface area contributed by atoms with E-state index in [-0.39, 0.29) is 17.6 Å². The summed E-state index contributed by atoms with van der Waals surface area (Å²) >= 11 is 0. The van der Waals surface area contributed by atoms with E-state index in [1.165, 1.54) is 11.1 Å². The highest BCUT2D eigenvalue weighted by atomic mass is 16.2. The smallest absolute Gasteiger partial charge is 0.222 e. The maximum absolute atomic E-state index is 12.5. The average molecular weight is 295 g/mol. The fourth-order valence-electron chi connectivity index (χ4n) is 3.26.